The molecule has 23 heavy (non-hydrogen) atoms. The van der Waals surface area contributed by atoms with Gasteiger partial charge in [0.2, 0.25) is 0 Å². The molecule has 0 amide bonds. The number of hydrogen-bond acceptors (Lipinski definition) is 2. The fraction of sp³-hybridized carbons (Fsp3) is 0.857. The molecule has 2 rings (SSSR count). The van der Waals surface area contributed by atoms with Crippen LogP contribution in [0.15, 0.2) is 12.7 Å². The van der Waals surface area contributed by atoms with Crippen molar-refractivity contribution < 1.29 is 9.53 Å². The molecule has 2 heteroatoms. The second-order valence-corrected chi connectivity index (χ2v) is 7.78. The van der Waals surface area contributed by atoms with Crippen molar-refractivity contribution in [2.75, 3.05) is 0 Å². The van der Waals surface area contributed by atoms with Crippen LogP contribution in [-0.2, 0) is 9.53 Å². The highest BCUT2D eigenvalue weighted by Gasteiger charge is 2.31. The van der Waals surface area contributed by atoms with E-state index in [-0.39, 0.29) is 12.1 Å². The van der Waals surface area contributed by atoms with E-state index < -0.39 is 0 Å². The minimum Gasteiger partial charge on any atom is -0.462 e. The lowest BCUT2D eigenvalue weighted by atomic mass is 9.70. The maximum absolute atomic E-state index is 11.7. The molecular formula is C21H36O2. The lowest BCUT2D eigenvalue weighted by Crippen LogP contribution is -2.29. The fourth-order valence-corrected chi connectivity index (χ4v) is 4.58. The zero-order valence-corrected chi connectivity index (χ0v) is 15.1. The molecule has 0 aromatic rings. The van der Waals surface area contributed by atoms with Crippen LogP contribution in [0.25, 0.3) is 0 Å². The third-order valence-electron chi connectivity index (χ3n) is 6.09. The van der Waals surface area contributed by atoms with Crippen LogP contribution in [0, 0.1) is 17.8 Å². The van der Waals surface area contributed by atoms with Gasteiger partial charge in [0, 0.05) is 6.42 Å². The Bertz CT molecular complexity index is 347. The fourth-order valence-electron chi connectivity index (χ4n) is 4.58. The Morgan fingerprint density at radius 2 is 1.65 bits per heavy atom. The molecule has 0 atom stereocenters. The van der Waals surface area contributed by atoms with E-state index in [2.05, 4.69) is 13.5 Å². The summed E-state index contributed by atoms with van der Waals surface area (Å²) in [7, 11) is 0. The van der Waals surface area contributed by atoms with Crippen molar-refractivity contribution in [3.63, 3.8) is 0 Å². The molecule has 2 fully saturated rings. The van der Waals surface area contributed by atoms with Crippen molar-refractivity contribution in [2.45, 2.75) is 96.5 Å². The number of ether oxygens (including phenoxy) is 1. The van der Waals surface area contributed by atoms with Gasteiger partial charge in [-0.15, -0.1) is 6.58 Å². The van der Waals surface area contributed by atoms with Gasteiger partial charge in [0.1, 0.15) is 6.10 Å². The van der Waals surface area contributed by atoms with Crippen molar-refractivity contribution in [1.29, 1.82) is 0 Å². The molecule has 0 bridgehead atoms. The van der Waals surface area contributed by atoms with Gasteiger partial charge in [-0.2, -0.15) is 0 Å². The molecule has 2 nitrogen and oxygen atoms in total. The molecule has 2 aliphatic carbocycles. The SMILES string of the molecule is C=CCCC(=O)OC1CCC([C@H]2CC[C@H](CCCC)CC2)CC1. The van der Waals surface area contributed by atoms with Crippen LogP contribution < -0.4 is 0 Å². The van der Waals surface area contributed by atoms with E-state index in [0.717, 1.165) is 37.0 Å². The third kappa shape index (κ3) is 6.31. The zero-order valence-electron chi connectivity index (χ0n) is 15.1. The molecule has 0 heterocycles. The summed E-state index contributed by atoms with van der Waals surface area (Å²) in [6.45, 7) is 5.95. The molecule has 2 saturated carbocycles. The van der Waals surface area contributed by atoms with Crippen LogP contribution in [0.3, 0.4) is 0 Å². The highest BCUT2D eigenvalue weighted by atomic mass is 16.5. The number of carbonyl (C=O) groups excluding carboxylic acids is 1. The number of esters is 1. The minimum atomic E-state index is -0.0372. The van der Waals surface area contributed by atoms with E-state index in [9.17, 15) is 4.79 Å². The Morgan fingerprint density at radius 3 is 2.22 bits per heavy atom. The van der Waals surface area contributed by atoms with E-state index >= 15 is 0 Å². The highest BCUT2D eigenvalue weighted by Crippen LogP contribution is 2.41. The Balaban J connectivity index is 1.63. The molecule has 0 unspecified atom stereocenters. The number of unbranched alkanes of at least 4 members (excludes halogenated alkanes) is 1. The first-order valence-corrected chi connectivity index (χ1v) is 10.0. The summed E-state index contributed by atoms with van der Waals surface area (Å²) in [6, 6.07) is 0. The van der Waals surface area contributed by atoms with Crippen LogP contribution >= 0.6 is 0 Å². The lowest BCUT2D eigenvalue weighted by Gasteiger charge is -2.37. The number of rotatable bonds is 8. The molecule has 0 N–H and O–H groups in total. The first kappa shape index (κ1) is 18.5. The van der Waals surface area contributed by atoms with Gasteiger partial charge in [0.15, 0.2) is 0 Å². The van der Waals surface area contributed by atoms with E-state index in [0.29, 0.717) is 6.42 Å². The Labute approximate surface area is 143 Å². The topological polar surface area (TPSA) is 26.3 Å². The highest BCUT2D eigenvalue weighted by molar-refractivity contribution is 5.69. The molecule has 0 aromatic heterocycles. The number of allylic oxidation sites excluding steroid dienone is 1. The predicted octanol–water partition coefficient (Wildman–Crippen LogP) is 6.05. The first-order chi connectivity index (χ1) is 11.2. The summed E-state index contributed by atoms with van der Waals surface area (Å²) in [6.07, 6.45) is 17.9. The van der Waals surface area contributed by atoms with Gasteiger partial charge < -0.3 is 4.74 Å². The largest absolute Gasteiger partial charge is 0.462 e. The summed E-state index contributed by atoms with van der Waals surface area (Å²) in [4.78, 5) is 11.7. The first-order valence-electron chi connectivity index (χ1n) is 10.0. The zero-order chi connectivity index (χ0) is 16.5. The quantitative estimate of drug-likeness (QED) is 0.402. The summed E-state index contributed by atoms with van der Waals surface area (Å²) in [5.74, 6) is 2.81. The molecule has 2 aliphatic rings. The smallest absolute Gasteiger partial charge is 0.306 e. The lowest BCUT2D eigenvalue weighted by molar-refractivity contribution is -0.151. The molecule has 0 aliphatic heterocycles. The van der Waals surface area contributed by atoms with E-state index in [4.69, 9.17) is 4.74 Å². The van der Waals surface area contributed by atoms with Crippen molar-refractivity contribution in [2.24, 2.45) is 17.8 Å². The van der Waals surface area contributed by atoms with Crippen LogP contribution in [0.1, 0.15) is 90.4 Å². The molecule has 132 valence electrons. The summed E-state index contributed by atoms with van der Waals surface area (Å²) >= 11 is 0. The Hall–Kier alpha value is -0.790. The molecule has 0 saturated heterocycles. The van der Waals surface area contributed by atoms with Gasteiger partial charge in [-0.25, -0.2) is 0 Å². The average molecular weight is 321 g/mol. The van der Waals surface area contributed by atoms with E-state index in [1.165, 1.54) is 57.8 Å². The van der Waals surface area contributed by atoms with Gasteiger partial charge >= 0.3 is 5.97 Å². The van der Waals surface area contributed by atoms with Gasteiger partial charge in [-0.05, 0) is 62.7 Å². The molecule has 0 radical (unpaired) electrons. The summed E-state index contributed by atoms with van der Waals surface area (Å²) in [5.41, 5.74) is 0. The minimum absolute atomic E-state index is 0.0372. The maximum Gasteiger partial charge on any atom is 0.306 e. The summed E-state index contributed by atoms with van der Waals surface area (Å²) in [5, 5.41) is 0. The Kier molecular flexibility index (Phi) is 8.19. The summed E-state index contributed by atoms with van der Waals surface area (Å²) < 4.78 is 5.60. The monoisotopic (exact) mass is 320 g/mol. The van der Waals surface area contributed by atoms with Gasteiger partial charge in [0.25, 0.3) is 0 Å². The molecular weight excluding hydrogens is 284 g/mol. The van der Waals surface area contributed by atoms with Gasteiger partial charge in [-0.3, -0.25) is 4.79 Å². The standard InChI is InChI=1S/C21H36O2/c1-3-5-7-17-9-11-18(12-10-17)19-13-15-20(16-14-19)23-21(22)8-6-4-2/h4,17-20H,2-3,5-16H2,1H3/t17-,18-,19?,20?. The molecule has 0 aromatic carbocycles. The van der Waals surface area contributed by atoms with Crippen LogP contribution in [0.5, 0.6) is 0 Å². The van der Waals surface area contributed by atoms with Gasteiger partial charge in [0.05, 0.1) is 0 Å². The van der Waals surface area contributed by atoms with Gasteiger partial charge in [-0.1, -0.05) is 45.1 Å². The second kappa shape index (κ2) is 10.2. The predicted molar refractivity (Wildman–Crippen MR) is 96.2 cm³/mol. The van der Waals surface area contributed by atoms with Crippen molar-refractivity contribution >= 4 is 5.97 Å². The van der Waals surface area contributed by atoms with Crippen molar-refractivity contribution in [3.05, 3.63) is 12.7 Å². The third-order valence-corrected chi connectivity index (χ3v) is 6.09. The van der Waals surface area contributed by atoms with E-state index in [1.807, 2.05) is 0 Å². The van der Waals surface area contributed by atoms with Crippen molar-refractivity contribution in [1.82, 2.24) is 0 Å². The van der Waals surface area contributed by atoms with Crippen LogP contribution in [0.4, 0.5) is 0 Å². The Morgan fingerprint density at radius 1 is 1.04 bits per heavy atom. The number of carbonyl (C=O) groups is 1. The van der Waals surface area contributed by atoms with Crippen LogP contribution in [-0.4, -0.2) is 12.1 Å². The number of hydrogen-bond donors (Lipinski definition) is 0. The maximum atomic E-state index is 11.7. The molecule has 0 spiro atoms. The van der Waals surface area contributed by atoms with Crippen LogP contribution in [0.2, 0.25) is 0 Å². The normalized spacial score (nSPS) is 31.5. The van der Waals surface area contributed by atoms with Crippen molar-refractivity contribution in [3.8, 4) is 0 Å². The second-order valence-electron chi connectivity index (χ2n) is 7.78. The average Bonchev–Trinajstić information content (AvgIpc) is 2.59. The van der Waals surface area contributed by atoms with E-state index in [1.54, 1.807) is 6.08 Å².